The van der Waals surface area contributed by atoms with Crippen molar-refractivity contribution >= 4 is 25.7 Å². The van der Waals surface area contributed by atoms with E-state index in [1.54, 1.807) is 0 Å². The van der Waals surface area contributed by atoms with Crippen molar-refractivity contribution in [3.63, 3.8) is 0 Å². The number of carboxylic acids is 1. The van der Waals surface area contributed by atoms with Crippen molar-refractivity contribution in [2.45, 2.75) is 86.0 Å². The number of unbranched alkanes of at least 4 members (excludes halogenated alkanes) is 2. The first-order valence-electron chi connectivity index (χ1n) is 9.67. The Labute approximate surface area is 164 Å². The van der Waals surface area contributed by atoms with E-state index in [4.69, 9.17) is 30.8 Å². The van der Waals surface area contributed by atoms with Crippen molar-refractivity contribution in [2.24, 2.45) is 11.8 Å². The van der Waals surface area contributed by atoms with Crippen LogP contribution < -0.4 is 0 Å². The Bertz CT molecular complexity index is 353. The van der Waals surface area contributed by atoms with Crippen LogP contribution in [0.5, 0.6) is 0 Å². The van der Waals surface area contributed by atoms with Gasteiger partial charge in [-0.3, -0.25) is 13.8 Å². The molecule has 0 saturated carbocycles. The Balaban J connectivity index is 0. The second-order valence-corrected chi connectivity index (χ2v) is 8.42. The quantitative estimate of drug-likeness (QED) is 0.295. The predicted octanol–water partition coefficient (Wildman–Crippen LogP) is 6.82. The monoisotopic (exact) mass is 416 g/mol. The van der Waals surface area contributed by atoms with Crippen molar-refractivity contribution in [1.29, 1.82) is 0 Å². The van der Waals surface area contributed by atoms with Crippen molar-refractivity contribution < 1.29 is 27.6 Å². The van der Waals surface area contributed by atoms with Crippen LogP contribution in [0.4, 0.5) is 0 Å². The summed E-state index contributed by atoms with van der Waals surface area (Å²) in [6, 6.07) is 0. The van der Waals surface area contributed by atoms with Gasteiger partial charge in [0.25, 0.3) is 5.97 Å². The Kier molecular flexibility index (Phi) is 19.7. The first kappa shape index (κ1) is 28.1. The number of rotatable bonds is 15. The molecule has 2 unspecified atom stereocenters. The van der Waals surface area contributed by atoms with Crippen LogP contribution in [-0.2, 0) is 22.5 Å². The summed E-state index contributed by atoms with van der Waals surface area (Å²) in [5, 5.41) is 7.42. The van der Waals surface area contributed by atoms with Crippen molar-refractivity contribution in [3.8, 4) is 0 Å². The van der Waals surface area contributed by atoms with Gasteiger partial charge in [0.15, 0.2) is 0 Å². The van der Waals surface area contributed by atoms with E-state index in [1.165, 1.54) is 0 Å². The van der Waals surface area contributed by atoms with Gasteiger partial charge >= 0.3 is 7.82 Å². The van der Waals surface area contributed by atoms with Crippen molar-refractivity contribution in [1.82, 2.24) is 0 Å². The van der Waals surface area contributed by atoms with E-state index >= 15 is 0 Å². The third-order valence-corrected chi connectivity index (χ3v) is 5.71. The van der Waals surface area contributed by atoms with Crippen LogP contribution in [0.2, 0.25) is 0 Å². The highest BCUT2D eigenvalue weighted by Crippen LogP contribution is 2.51. The number of hydrogen-bond donors (Lipinski definition) is 1. The molecule has 0 radical (unpaired) electrons. The van der Waals surface area contributed by atoms with Gasteiger partial charge in [-0.1, -0.05) is 66.2 Å². The van der Waals surface area contributed by atoms with Crippen LogP contribution in [0, 0.1) is 11.8 Å². The highest BCUT2D eigenvalue weighted by molar-refractivity contribution is 7.49. The molecule has 0 amide bonds. The Hall–Kier alpha value is -0.130. The van der Waals surface area contributed by atoms with E-state index in [2.05, 4.69) is 31.8 Å². The van der Waals surface area contributed by atoms with Crippen LogP contribution >= 0.6 is 19.7 Å². The predicted molar refractivity (Wildman–Crippen MR) is 106 cm³/mol. The molecule has 1 N–H and O–H groups in total. The lowest BCUT2D eigenvalue weighted by molar-refractivity contribution is -0.134. The summed E-state index contributed by atoms with van der Waals surface area (Å²) in [7, 11) is -3.63. The zero-order valence-electron chi connectivity index (χ0n) is 17.0. The average Bonchev–Trinajstić information content (AvgIpc) is 2.61. The van der Waals surface area contributed by atoms with Crippen LogP contribution in [0.25, 0.3) is 0 Å². The van der Waals surface area contributed by atoms with Crippen LogP contribution in [0.1, 0.15) is 86.0 Å². The maximum absolute atomic E-state index is 12.4. The van der Waals surface area contributed by atoms with Gasteiger partial charge in [0.05, 0.1) is 25.1 Å². The average molecular weight is 417 g/mol. The second kappa shape index (κ2) is 18.2. The molecule has 0 aromatic rings. The van der Waals surface area contributed by atoms with E-state index in [9.17, 15) is 4.57 Å². The Morgan fingerprint density at radius 3 is 1.54 bits per heavy atom. The molecular weight excluding hydrogens is 379 g/mol. The molecule has 26 heavy (non-hydrogen) atoms. The van der Waals surface area contributed by atoms with Crippen molar-refractivity contribution in [2.75, 3.05) is 13.2 Å². The minimum Gasteiger partial charge on any atom is -0.481 e. The molecule has 0 spiro atoms. The standard InChI is InChI=1S/C16H34ClO4P.C2H4O2/c1-5-9-11-15(7-3)13-19-22(18,21-17)20-14-16(8-4)12-10-6-2;1-2(3)4/h15-16H,5-14H2,1-4H3;1H3,(H,3,4). The highest BCUT2D eigenvalue weighted by atomic mass is 35.5. The summed E-state index contributed by atoms with van der Waals surface area (Å²) < 4.78 is 27.7. The molecule has 0 aromatic heterocycles. The van der Waals surface area contributed by atoms with Gasteiger partial charge in [0.2, 0.25) is 0 Å². The largest absolute Gasteiger partial charge is 0.491 e. The lowest BCUT2D eigenvalue weighted by Crippen LogP contribution is -2.12. The maximum Gasteiger partial charge on any atom is 0.491 e. The zero-order chi connectivity index (χ0) is 20.4. The topological polar surface area (TPSA) is 82.1 Å². The summed E-state index contributed by atoms with van der Waals surface area (Å²) >= 11 is 5.36. The first-order valence-corrected chi connectivity index (χ1v) is 11.4. The van der Waals surface area contributed by atoms with E-state index in [0.717, 1.165) is 58.3 Å². The van der Waals surface area contributed by atoms with Gasteiger partial charge in [0, 0.05) is 6.92 Å². The summed E-state index contributed by atoms with van der Waals surface area (Å²) in [5.74, 6) is -0.100. The van der Waals surface area contributed by atoms with Gasteiger partial charge in [-0.05, 0) is 24.7 Å². The van der Waals surface area contributed by atoms with Crippen LogP contribution in [0.15, 0.2) is 0 Å². The minimum absolute atomic E-state index is 0.366. The number of carbonyl (C=O) groups is 1. The van der Waals surface area contributed by atoms with Crippen LogP contribution in [0.3, 0.4) is 0 Å². The molecule has 158 valence electrons. The molecule has 0 saturated heterocycles. The molecule has 0 heterocycles. The number of carboxylic acid groups (broad SMARTS) is 1. The fourth-order valence-corrected chi connectivity index (χ4v) is 3.45. The minimum atomic E-state index is -3.63. The molecule has 0 rings (SSSR count). The molecule has 0 bridgehead atoms. The number of phosphoric acid groups is 1. The second-order valence-electron chi connectivity index (χ2n) is 6.46. The van der Waals surface area contributed by atoms with Gasteiger partial charge in [-0.25, -0.2) is 4.57 Å². The Morgan fingerprint density at radius 2 is 1.31 bits per heavy atom. The van der Waals surface area contributed by atoms with E-state index in [1.807, 2.05) is 0 Å². The normalized spacial score (nSPS) is 15.5. The Morgan fingerprint density at radius 1 is 0.962 bits per heavy atom. The first-order chi connectivity index (χ1) is 12.3. The third kappa shape index (κ3) is 17.3. The van der Waals surface area contributed by atoms with Crippen LogP contribution in [-0.4, -0.2) is 24.3 Å². The number of hydrogen-bond acceptors (Lipinski definition) is 5. The maximum atomic E-state index is 12.4. The van der Waals surface area contributed by atoms with Gasteiger partial charge < -0.3 is 5.11 Å². The fraction of sp³-hybridized carbons (Fsp3) is 0.944. The fourth-order valence-electron chi connectivity index (χ4n) is 2.27. The molecule has 2 atom stereocenters. The van der Waals surface area contributed by atoms with E-state index < -0.39 is 13.8 Å². The van der Waals surface area contributed by atoms with Gasteiger partial charge in [-0.2, -0.15) is 4.08 Å². The van der Waals surface area contributed by atoms with Gasteiger partial charge in [-0.15, -0.1) is 0 Å². The lowest BCUT2D eigenvalue weighted by atomic mass is 10.0. The molecule has 0 aliphatic heterocycles. The SMILES string of the molecule is CC(=O)O.CCCCC(CC)COP(=O)(OCl)OCC(CC)CCCC. The zero-order valence-corrected chi connectivity index (χ0v) is 18.7. The summed E-state index contributed by atoms with van der Waals surface area (Å²) in [4.78, 5) is 9.00. The molecular formula is C18H38ClO6P. The number of halogens is 1. The molecule has 0 aromatic carbocycles. The van der Waals surface area contributed by atoms with E-state index in [-0.39, 0.29) is 0 Å². The van der Waals surface area contributed by atoms with Gasteiger partial charge in [0.1, 0.15) is 0 Å². The molecule has 0 aliphatic rings. The third-order valence-electron chi connectivity index (χ3n) is 4.11. The number of aliphatic carboxylic acids is 1. The lowest BCUT2D eigenvalue weighted by Gasteiger charge is -2.21. The highest BCUT2D eigenvalue weighted by Gasteiger charge is 2.29. The summed E-state index contributed by atoms with van der Waals surface area (Å²) in [6.45, 7) is 10.3. The van der Waals surface area contributed by atoms with E-state index in [0.29, 0.717) is 25.0 Å². The molecule has 8 heteroatoms. The summed E-state index contributed by atoms with van der Waals surface area (Å²) in [5.41, 5.74) is 0. The molecule has 0 aliphatic carbocycles. The molecule has 0 fully saturated rings. The number of phosphoric ester groups is 1. The smallest absolute Gasteiger partial charge is 0.481 e. The summed E-state index contributed by atoms with van der Waals surface area (Å²) in [6.07, 6.45) is 8.66. The van der Waals surface area contributed by atoms with Crippen molar-refractivity contribution in [3.05, 3.63) is 0 Å². The molecule has 6 nitrogen and oxygen atoms in total.